The molecule has 0 amide bonds. The molecule has 0 fully saturated rings. The van der Waals surface area contributed by atoms with Gasteiger partial charge < -0.3 is 33.9 Å². The number of hydrogen-bond donors (Lipinski definition) is 2. The predicted molar refractivity (Wildman–Crippen MR) is 78.2 cm³/mol. The van der Waals surface area contributed by atoms with Gasteiger partial charge in [-0.3, -0.25) is 0 Å². The van der Waals surface area contributed by atoms with Crippen LogP contribution >= 0.6 is 0 Å². The van der Waals surface area contributed by atoms with E-state index >= 15 is 0 Å². The van der Waals surface area contributed by atoms with Crippen LogP contribution in [-0.2, 0) is 23.7 Å². The number of carbonyl (C=O) groups is 2. The molecule has 0 heterocycles. The van der Waals surface area contributed by atoms with Crippen molar-refractivity contribution in [2.75, 3.05) is 39.6 Å². The standard InChI is InChI=1S/C14H22O9/c1-11(22-13(15)16)3-5-19-7-9-21-10-8-20-6-4-12(2)23-14(17)18/h1-10H2,(H,15,16)(H,17,18). The average Bonchev–Trinajstić information content (AvgIpc) is 2.43. The van der Waals surface area contributed by atoms with Crippen molar-refractivity contribution >= 4 is 12.3 Å². The third kappa shape index (κ3) is 16.1. The molecule has 0 spiro atoms. The van der Waals surface area contributed by atoms with E-state index < -0.39 is 12.3 Å². The number of ether oxygens (including phenoxy) is 5. The summed E-state index contributed by atoms with van der Waals surface area (Å²) in [5.74, 6) is 0.251. The van der Waals surface area contributed by atoms with E-state index in [0.29, 0.717) is 26.4 Å². The zero-order valence-corrected chi connectivity index (χ0v) is 12.8. The molecule has 0 unspecified atom stereocenters. The highest BCUT2D eigenvalue weighted by atomic mass is 16.7. The Morgan fingerprint density at radius 1 is 0.652 bits per heavy atom. The first-order valence-electron chi connectivity index (χ1n) is 6.82. The van der Waals surface area contributed by atoms with Crippen LogP contribution in [0.5, 0.6) is 0 Å². The fourth-order valence-corrected chi connectivity index (χ4v) is 1.26. The topological polar surface area (TPSA) is 121 Å². The molecule has 9 nitrogen and oxygen atoms in total. The van der Waals surface area contributed by atoms with Gasteiger partial charge in [0.1, 0.15) is 11.5 Å². The lowest BCUT2D eigenvalue weighted by Gasteiger charge is -2.08. The van der Waals surface area contributed by atoms with Crippen molar-refractivity contribution in [2.45, 2.75) is 12.8 Å². The summed E-state index contributed by atoms with van der Waals surface area (Å²) in [6, 6.07) is 0. The maximum atomic E-state index is 10.2. The van der Waals surface area contributed by atoms with Gasteiger partial charge >= 0.3 is 12.3 Å². The Kier molecular flexibility index (Phi) is 12.3. The molecule has 0 atom stereocenters. The van der Waals surface area contributed by atoms with Gasteiger partial charge in [-0.05, 0) is 0 Å². The van der Waals surface area contributed by atoms with Crippen LogP contribution in [0.1, 0.15) is 12.8 Å². The van der Waals surface area contributed by atoms with Gasteiger partial charge in [0.05, 0.1) is 39.6 Å². The Morgan fingerprint density at radius 2 is 0.957 bits per heavy atom. The van der Waals surface area contributed by atoms with Crippen LogP contribution in [-0.4, -0.2) is 62.2 Å². The molecular weight excluding hydrogens is 312 g/mol. The number of hydrogen-bond acceptors (Lipinski definition) is 7. The van der Waals surface area contributed by atoms with Crippen molar-refractivity contribution in [1.82, 2.24) is 0 Å². The largest absolute Gasteiger partial charge is 0.510 e. The monoisotopic (exact) mass is 334 g/mol. The summed E-state index contributed by atoms with van der Waals surface area (Å²) in [6.07, 6.45) is -2.21. The van der Waals surface area contributed by atoms with Crippen LogP contribution < -0.4 is 0 Å². The van der Waals surface area contributed by atoms with Crippen LogP contribution in [0, 0.1) is 0 Å². The molecule has 23 heavy (non-hydrogen) atoms. The zero-order valence-electron chi connectivity index (χ0n) is 12.8. The van der Waals surface area contributed by atoms with Crippen molar-refractivity contribution in [2.24, 2.45) is 0 Å². The molecule has 0 saturated carbocycles. The van der Waals surface area contributed by atoms with Gasteiger partial charge in [-0.15, -0.1) is 0 Å². The fraction of sp³-hybridized carbons (Fsp3) is 0.571. The first kappa shape index (κ1) is 20.9. The van der Waals surface area contributed by atoms with Crippen LogP contribution in [0.15, 0.2) is 24.7 Å². The van der Waals surface area contributed by atoms with Crippen molar-refractivity contribution in [1.29, 1.82) is 0 Å². The quantitative estimate of drug-likeness (QED) is 0.280. The Labute approximate surface area is 134 Å². The summed E-state index contributed by atoms with van der Waals surface area (Å²) < 4.78 is 24.3. The third-order valence-electron chi connectivity index (χ3n) is 2.26. The summed E-state index contributed by atoms with van der Waals surface area (Å²) in [6.45, 7) is 8.85. The van der Waals surface area contributed by atoms with E-state index in [1.807, 2.05) is 0 Å². The molecule has 0 rings (SSSR count). The molecule has 9 heteroatoms. The second-order valence-electron chi connectivity index (χ2n) is 4.15. The highest BCUT2D eigenvalue weighted by Crippen LogP contribution is 2.01. The summed E-state index contributed by atoms with van der Waals surface area (Å²) in [5.41, 5.74) is 0. The van der Waals surface area contributed by atoms with E-state index in [2.05, 4.69) is 22.6 Å². The molecule has 0 aliphatic rings. The van der Waals surface area contributed by atoms with Gasteiger partial charge in [0.2, 0.25) is 0 Å². The Morgan fingerprint density at radius 3 is 1.26 bits per heavy atom. The smallest absolute Gasteiger partial charge is 0.449 e. The summed E-state index contributed by atoms with van der Waals surface area (Å²) in [5, 5.41) is 16.6. The summed E-state index contributed by atoms with van der Waals surface area (Å²) >= 11 is 0. The van der Waals surface area contributed by atoms with Gasteiger partial charge in [-0.25, -0.2) is 9.59 Å². The van der Waals surface area contributed by atoms with E-state index in [1.54, 1.807) is 0 Å². The molecule has 0 aromatic heterocycles. The molecule has 0 bridgehead atoms. The molecule has 0 radical (unpaired) electrons. The minimum absolute atomic E-state index is 0.125. The Bertz CT molecular complexity index is 356. The minimum Gasteiger partial charge on any atom is -0.449 e. The number of carboxylic acid groups (broad SMARTS) is 2. The highest BCUT2D eigenvalue weighted by molar-refractivity contribution is 5.58. The summed E-state index contributed by atoms with van der Waals surface area (Å²) in [7, 11) is 0. The first-order valence-corrected chi connectivity index (χ1v) is 6.82. The maximum Gasteiger partial charge on any atom is 0.510 e. The van der Waals surface area contributed by atoms with E-state index in [9.17, 15) is 9.59 Å². The minimum atomic E-state index is -1.39. The lowest BCUT2D eigenvalue weighted by atomic mass is 10.4. The van der Waals surface area contributed by atoms with E-state index in [-0.39, 0.29) is 37.6 Å². The molecule has 2 N–H and O–H groups in total. The molecule has 0 aromatic carbocycles. The molecule has 0 aromatic rings. The van der Waals surface area contributed by atoms with Crippen LogP contribution in [0.3, 0.4) is 0 Å². The van der Waals surface area contributed by atoms with Gasteiger partial charge in [0.25, 0.3) is 0 Å². The van der Waals surface area contributed by atoms with Crippen LogP contribution in [0.2, 0.25) is 0 Å². The first-order chi connectivity index (χ1) is 10.9. The second-order valence-corrected chi connectivity index (χ2v) is 4.15. The van der Waals surface area contributed by atoms with Crippen molar-refractivity contribution in [3.8, 4) is 0 Å². The Balaban J connectivity index is 3.25. The van der Waals surface area contributed by atoms with Crippen molar-refractivity contribution in [3.63, 3.8) is 0 Å². The molecule has 0 saturated heterocycles. The van der Waals surface area contributed by atoms with Gasteiger partial charge in [-0.1, -0.05) is 13.2 Å². The van der Waals surface area contributed by atoms with E-state index in [1.165, 1.54) is 0 Å². The SMILES string of the molecule is C=C(CCOCCOCCOCCC(=C)OC(=O)O)OC(=O)O. The second kappa shape index (κ2) is 13.6. The van der Waals surface area contributed by atoms with Crippen LogP contribution in [0.25, 0.3) is 0 Å². The lowest BCUT2D eigenvalue weighted by molar-refractivity contribution is 0.0127. The molecule has 0 aliphatic heterocycles. The number of rotatable bonds is 14. The molecule has 132 valence electrons. The molecule has 0 aliphatic carbocycles. The summed E-state index contributed by atoms with van der Waals surface area (Å²) in [4.78, 5) is 20.4. The highest BCUT2D eigenvalue weighted by Gasteiger charge is 2.02. The van der Waals surface area contributed by atoms with Gasteiger partial charge in [0, 0.05) is 12.8 Å². The zero-order chi connectivity index (χ0) is 17.5. The van der Waals surface area contributed by atoms with Gasteiger partial charge in [-0.2, -0.15) is 0 Å². The van der Waals surface area contributed by atoms with Crippen LogP contribution in [0.4, 0.5) is 9.59 Å². The fourth-order valence-electron chi connectivity index (χ4n) is 1.26. The Hall–Kier alpha value is -2.10. The normalized spacial score (nSPS) is 10.1. The molecular formula is C14H22O9. The predicted octanol–water partition coefficient (Wildman–Crippen LogP) is 2.23. The lowest BCUT2D eigenvalue weighted by Crippen LogP contribution is -2.11. The third-order valence-corrected chi connectivity index (χ3v) is 2.26. The van der Waals surface area contributed by atoms with E-state index in [4.69, 9.17) is 24.4 Å². The average molecular weight is 334 g/mol. The maximum absolute atomic E-state index is 10.2. The van der Waals surface area contributed by atoms with E-state index in [0.717, 1.165) is 0 Å². The van der Waals surface area contributed by atoms with Gasteiger partial charge in [0.15, 0.2) is 0 Å². The van der Waals surface area contributed by atoms with Crippen molar-refractivity contribution in [3.05, 3.63) is 24.7 Å². The van der Waals surface area contributed by atoms with Crippen molar-refractivity contribution < 1.29 is 43.5 Å².